The van der Waals surface area contributed by atoms with E-state index >= 15 is 0 Å². The van der Waals surface area contributed by atoms with Gasteiger partial charge >= 0.3 is 0 Å². The second-order valence-corrected chi connectivity index (χ2v) is 6.03. The number of carbonyl (C=O) groups is 1. The smallest absolute Gasteiger partial charge is 0.217 e. The lowest BCUT2D eigenvalue weighted by Crippen LogP contribution is -2.66. The van der Waals surface area contributed by atoms with Gasteiger partial charge in [0.05, 0.1) is 13.7 Å². The Balaban J connectivity index is 1.74. The number of fused-ring (bicyclic) bond motifs is 1. The summed E-state index contributed by atoms with van der Waals surface area (Å²) in [6, 6.07) is 6.57. The van der Waals surface area contributed by atoms with Crippen molar-refractivity contribution < 1.29 is 33.6 Å². The molecule has 0 bridgehead atoms. The van der Waals surface area contributed by atoms with Crippen molar-refractivity contribution in [2.75, 3.05) is 20.8 Å². The molecule has 8 heteroatoms. The van der Waals surface area contributed by atoms with Crippen molar-refractivity contribution >= 4 is 5.91 Å². The number of aliphatic hydroxyl groups is 1. The van der Waals surface area contributed by atoms with Crippen LogP contribution in [-0.4, -0.2) is 62.5 Å². The van der Waals surface area contributed by atoms with Crippen molar-refractivity contribution in [1.82, 2.24) is 5.32 Å². The van der Waals surface area contributed by atoms with Crippen LogP contribution < -0.4 is 10.1 Å². The largest absolute Gasteiger partial charge is 0.497 e. The zero-order valence-corrected chi connectivity index (χ0v) is 14.4. The fourth-order valence-electron chi connectivity index (χ4n) is 3.11. The molecule has 1 aromatic carbocycles. The van der Waals surface area contributed by atoms with Crippen molar-refractivity contribution in [2.24, 2.45) is 0 Å². The van der Waals surface area contributed by atoms with Gasteiger partial charge in [0.15, 0.2) is 12.6 Å². The Morgan fingerprint density at radius 1 is 1.24 bits per heavy atom. The van der Waals surface area contributed by atoms with E-state index in [4.69, 9.17) is 23.7 Å². The Morgan fingerprint density at radius 3 is 2.56 bits per heavy atom. The van der Waals surface area contributed by atoms with E-state index in [-0.39, 0.29) is 12.5 Å². The number of rotatable bonds is 4. The number of methoxy groups -OCH3 is 2. The Kier molecular flexibility index (Phi) is 5.55. The average Bonchev–Trinajstić information content (AvgIpc) is 2.63. The average molecular weight is 353 g/mol. The summed E-state index contributed by atoms with van der Waals surface area (Å²) in [6.07, 6.45) is -3.53. The van der Waals surface area contributed by atoms with Gasteiger partial charge in [-0.25, -0.2) is 0 Å². The van der Waals surface area contributed by atoms with Gasteiger partial charge in [-0.3, -0.25) is 4.79 Å². The Bertz CT molecular complexity index is 593. The Hall–Kier alpha value is -1.71. The van der Waals surface area contributed by atoms with Crippen LogP contribution in [0.15, 0.2) is 24.3 Å². The predicted octanol–water partition coefficient (Wildman–Crippen LogP) is 0.346. The molecule has 6 atom stereocenters. The maximum Gasteiger partial charge on any atom is 0.217 e. The lowest BCUT2D eigenvalue weighted by molar-refractivity contribution is -0.341. The van der Waals surface area contributed by atoms with E-state index in [0.29, 0.717) is 0 Å². The molecule has 2 aliphatic rings. The van der Waals surface area contributed by atoms with Crippen LogP contribution in [0.4, 0.5) is 0 Å². The molecule has 2 N–H and O–H groups in total. The standard InChI is InChI=1S/C17H23NO7/c1-9(19)18-13-14(20)15-12(24-17(13)22-3)8-23-16(25-15)10-4-6-11(21-2)7-5-10/h4-7,12-17,20H,8H2,1-3H3,(H,18,19)/t12?,13-,14+,15-,16?,17-/m0/s1. The number of amides is 1. The molecule has 0 saturated carbocycles. The summed E-state index contributed by atoms with van der Waals surface area (Å²) in [5, 5.41) is 13.3. The van der Waals surface area contributed by atoms with Crippen LogP contribution in [0, 0.1) is 0 Å². The molecule has 0 spiro atoms. The lowest BCUT2D eigenvalue weighted by atomic mass is 9.95. The highest BCUT2D eigenvalue weighted by atomic mass is 16.7. The second kappa shape index (κ2) is 7.67. The number of aliphatic hydroxyl groups excluding tert-OH is 1. The minimum atomic E-state index is -0.989. The second-order valence-electron chi connectivity index (χ2n) is 6.03. The van der Waals surface area contributed by atoms with E-state index in [1.807, 2.05) is 24.3 Å². The molecule has 2 fully saturated rings. The van der Waals surface area contributed by atoms with Crippen LogP contribution in [-0.2, 0) is 23.7 Å². The summed E-state index contributed by atoms with van der Waals surface area (Å²) >= 11 is 0. The first-order chi connectivity index (χ1) is 12.0. The summed E-state index contributed by atoms with van der Waals surface area (Å²) in [5.74, 6) is 0.444. The topological polar surface area (TPSA) is 95.5 Å². The molecule has 2 aliphatic heterocycles. The van der Waals surface area contributed by atoms with Gasteiger partial charge in [-0.2, -0.15) is 0 Å². The third kappa shape index (κ3) is 3.78. The normalized spacial score (nSPS) is 34.9. The monoisotopic (exact) mass is 353 g/mol. The summed E-state index contributed by atoms with van der Waals surface area (Å²) < 4.78 is 27.8. The highest BCUT2D eigenvalue weighted by Crippen LogP contribution is 2.34. The van der Waals surface area contributed by atoms with E-state index in [1.54, 1.807) is 7.11 Å². The Labute approximate surface area is 146 Å². The molecule has 138 valence electrons. The van der Waals surface area contributed by atoms with Crippen LogP contribution in [0.2, 0.25) is 0 Å². The molecule has 0 aliphatic carbocycles. The van der Waals surface area contributed by atoms with E-state index in [9.17, 15) is 9.90 Å². The molecule has 8 nitrogen and oxygen atoms in total. The summed E-state index contributed by atoms with van der Waals surface area (Å²) in [4.78, 5) is 11.4. The maximum absolute atomic E-state index is 11.4. The quantitative estimate of drug-likeness (QED) is 0.806. The number of ether oxygens (including phenoxy) is 5. The first kappa shape index (κ1) is 18.1. The molecule has 3 rings (SSSR count). The van der Waals surface area contributed by atoms with Crippen LogP contribution >= 0.6 is 0 Å². The van der Waals surface area contributed by atoms with Gasteiger partial charge in [-0.1, -0.05) is 12.1 Å². The molecule has 1 aromatic rings. The molecule has 2 unspecified atom stereocenters. The van der Waals surface area contributed by atoms with Gasteiger partial charge < -0.3 is 34.1 Å². The number of hydrogen-bond donors (Lipinski definition) is 2. The molecule has 2 saturated heterocycles. The fourth-order valence-corrected chi connectivity index (χ4v) is 3.11. The van der Waals surface area contributed by atoms with Crippen molar-refractivity contribution in [3.63, 3.8) is 0 Å². The van der Waals surface area contributed by atoms with E-state index in [2.05, 4.69) is 5.32 Å². The van der Waals surface area contributed by atoms with Crippen molar-refractivity contribution in [1.29, 1.82) is 0 Å². The maximum atomic E-state index is 11.4. The molecule has 1 amide bonds. The molecular formula is C17H23NO7. The third-order valence-electron chi connectivity index (χ3n) is 4.36. The van der Waals surface area contributed by atoms with Gasteiger partial charge in [0.2, 0.25) is 5.91 Å². The summed E-state index contributed by atoms with van der Waals surface area (Å²) in [7, 11) is 3.05. The van der Waals surface area contributed by atoms with Gasteiger partial charge in [0.25, 0.3) is 0 Å². The third-order valence-corrected chi connectivity index (χ3v) is 4.36. The van der Waals surface area contributed by atoms with E-state index in [1.165, 1.54) is 14.0 Å². The zero-order valence-electron chi connectivity index (χ0n) is 14.4. The molecule has 0 radical (unpaired) electrons. The van der Waals surface area contributed by atoms with E-state index < -0.39 is 36.9 Å². The number of hydrogen-bond acceptors (Lipinski definition) is 7. The number of benzene rings is 1. The molecule has 2 heterocycles. The van der Waals surface area contributed by atoms with Crippen LogP contribution in [0.25, 0.3) is 0 Å². The fraction of sp³-hybridized carbons (Fsp3) is 0.588. The van der Waals surface area contributed by atoms with Crippen molar-refractivity contribution in [3.05, 3.63) is 29.8 Å². The first-order valence-corrected chi connectivity index (χ1v) is 8.08. The van der Waals surface area contributed by atoms with Crippen LogP contribution in [0.1, 0.15) is 18.8 Å². The highest BCUT2D eigenvalue weighted by Gasteiger charge is 2.49. The van der Waals surface area contributed by atoms with Gasteiger partial charge in [-0.15, -0.1) is 0 Å². The van der Waals surface area contributed by atoms with Crippen molar-refractivity contribution in [3.8, 4) is 5.75 Å². The minimum absolute atomic E-state index is 0.241. The van der Waals surface area contributed by atoms with Gasteiger partial charge in [0, 0.05) is 19.6 Å². The van der Waals surface area contributed by atoms with Gasteiger partial charge in [0.1, 0.15) is 30.1 Å². The van der Waals surface area contributed by atoms with Gasteiger partial charge in [-0.05, 0) is 12.1 Å². The highest BCUT2D eigenvalue weighted by molar-refractivity contribution is 5.73. The minimum Gasteiger partial charge on any atom is -0.497 e. The molecule has 0 aromatic heterocycles. The molecular weight excluding hydrogens is 330 g/mol. The zero-order chi connectivity index (χ0) is 18.0. The number of carbonyl (C=O) groups excluding carboxylic acids is 1. The van der Waals surface area contributed by atoms with Crippen molar-refractivity contribution in [2.45, 2.75) is 43.9 Å². The number of nitrogens with one attached hydrogen (secondary N) is 1. The van der Waals surface area contributed by atoms with E-state index in [0.717, 1.165) is 11.3 Å². The SMILES string of the molecule is COc1ccc(C2OCC3O[C@H](OC)[C@@H](NC(C)=O)[C@@H](O)[C@H]3O2)cc1. The molecule has 25 heavy (non-hydrogen) atoms. The lowest BCUT2D eigenvalue weighted by Gasteiger charge is -2.47. The summed E-state index contributed by atoms with van der Waals surface area (Å²) in [6.45, 7) is 1.61. The van der Waals surface area contributed by atoms with Crippen LogP contribution in [0.3, 0.4) is 0 Å². The first-order valence-electron chi connectivity index (χ1n) is 8.08. The predicted molar refractivity (Wildman–Crippen MR) is 85.8 cm³/mol. The Morgan fingerprint density at radius 2 is 1.96 bits per heavy atom. The summed E-state index contributed by atoms with van der Waals surface area (Å²) in [5.41, 5.74) is 0.802. The van der Waals surface area contributed by atoms with Crippen LogP contribution in [0.5, 0.6) is 5.75 Å².